The van der Waals surface area contributed by atoms with Gasteiger partial charge >= 0.3 is 0 Å². The summed E-state index contributed by atoms with van der Waals surface area (Å²) in [5.74, 6) is 0.798. The molecule has 2 N–H and O–H groups in total. The molecule has 6 nitrogen and oxygen atoms in total. The number of benzene rings is 2. The Hall–Kier alpha value is -2.57. The second-order valence-electron chi connectivity index (χ2n) is 6.96. The van der Waals surface area contributed by atoms with E-state index >= 15 is 0 Å². The highest BCUT2D eigenvalue weighted by molar-refractivity contribution is 6.30. The Labute approximate surface area is 176 Å². The van der Waals surface area contributed by atoms with Gasteiger partial charge in [-0.3, -0.25) is 4.79 Å². The van der Waals surface area contributed by atoms with E-state index in [1.54, 1.807) is 0 Å². The molecule has 0 aliphatic carbocycles. The molecular weight excluding hydrogens is 388 g/mol. The average molecular weight is 415 g/mol. The SMILES string of the molecule is CCNC(=NCc1ccccc1CO)N1CCN(Cc2ccc(Cl)cc2)C(=O)C1. The molecule has 1 fully saturated rings. The first-order chi connectivity index (χ1) is 14.1. The van der Waals surface area contributed by atoms with E-state index in [1.807, 2.05) is 65.3 Å². The largest absolute Gasteiger partial charge is 0.392 e. The number of hydrogen-bond donors (Lipinski definition) is 2. The van der Waals surface area contributed by atoms with Crippen LogP contribution in [0.3, 0.4) is 0 Å². The number of nitrogens with zero attached hydrogens (tertiary/aromatic N) is 3. The second kappa shape index (κ2) is 10.3. The minimum atomic E-state index is -0.00983. The zero-order valence-electron chi connectivity index (χ0n) is 16.6. The van der Waals surface area contributed by atoms with E-state index in [9.17, 15) is 9.90 Å². The third-order valence-corrected chi connectivity index (χ3v) is 5.18. The van der Waals surface area contributed by atoms with Crippen LogP contribution in [-0.2, 0) is 24.5 Å². The van der Waals surface area contributed by atoms with Gasteiger partial charge in [0, 0.05) is 31.2 Å². The number of rotatable bonds is 6. The Bertz CT molecular complexity index is 854. The molecule has 1 amide bonds. The van der Waals surface area contributed by atoms with Crippen molar-refractivity contribution in [2.75, 3.05) is 26.2 Å². The predicted molar refractivity (Wildman–Crippen MR) is 116 cm³/mol. The van der Waals surface area contributed by atoms with Crippen LogP contribution in [0.4, 0.5) is 0 Å². The van der Waals surface area contributed by atoms with Crippen LogP contribution in [0.5, 0.6) is 0 Å². The number of piperazine rings is 1. The monoisotopic (exact) mass is 414 g/mol. The lowest BCUT2D eigenvalue weighted by molar-refractivity contribution is -0.135. The number of amides is 1. The Morgan fingerprint density at radius 2 is 1.86 bits per heavy atom. The van der Waals surface area contributed by atoms with E-state index < -0.39 is 0 Å². The van der Waals surface area contributed by atoms with Gasteiger partial charge < -0.3 is 20.2 Å². The summed E-state index contributed by atoms with van der Waals surface area (Å²) in [6.45, 7) is 5.41. The molecule has 0 bridgehead atoms. The van der Waals surface area contributed by atoms with Gasteiger partial charge in [0.05, 0.1) is 19.7 Å². The average Bonchev–Trinajstić information content (AvgIpc) is 2.74. The van der Waals surface area contributed by atoms with Crippen molar-refractivity contribution in [3.05, 3.63) is 70.2 Å². The molecule has 0 unspecified atom stereocenters. The van der Waals surface area contributed by atoms with Gasteiger partial charge in [0.1, 0.15) is 0 Å². The van der Waals surface area contributed by atoms with Crippen LogP contribution in [0.2, 0.25) is 5.02 Å². The van der Waals surface area contributed by atoms with E-state index in [0.717, 1.165) is 29.2 Å². The molecule has 1 aliphatic heterocycles. The summed E-state index contributed by atoms with van der Waals surface area (Å²) < 4.78 is 0. The van der Waals surface area contributed by atoms with Crippen molar-refractivity contribution in [1.82, 2.24) is 15.1 Å². The molecular formula is C22H27ClN4O2. The fourth-order valence-corrected chi connectivity index (χ4v) is 3.44. The Morgan fingerprint density at radius 1 is 1.14 bits per heavy atom. The molecule has 0 radical (unpaired) electrons. The topological polar surface area (TPSA) is 68.2 Å². The molecule has 0 aromatic heterocycles. The first-order valence-corrected chi connectivity index (χ1v) is 10.2. The molecule has 2 aromatic carbocycles. The summed E-state index contributed by atoms with van der Waals surface area (Å²) in [5.41, 5.74) is 2.92. The molecule has 0 spiro atoms. The Morgan fingerprint density at radius 3 is 2.52 bits per heavy atom. The smallest absolute Gasteiger partial charge is 0.242 e. The minimum absolute atomic E-state index is 0.00983. The van der Waals surface area contributed by atoms with Crippen LogP contribution in [0.15, 0.2) is 53.5 Å². The highest BCUT2D eigenvalue weighted by Crippen LogP contribution is 2.14. The third kappa shape index (κ3) is 5.71. The Kier molecular flexibility index (Phi) is 7.49. The van der Waals surface area contributed by atoms with Crippen LogP contribution in [0, 0.1) is 0 Å². The zero-order valence-corrected chi connectivity index (χ0v) is 17.4. The Balaban J connectivity index is 1.65. The van der Waals surface area contributed by atoms with Gasteiger partial charge in [-0.25, -0.2) is 4.99 Å². The van der Waals surface area contributed by atoms with Gasteiger partial charge in [0.15, 0.2) is 5.96 Å². The lowest BCUT2D eigenvalue weighted by Gasteiger charge is -2.36. The molecule has 2 aromatic rings. The summed E-state index contributed by atoms with van der Waals surface area (Å²) >= 11 is 5.94. The number of nitrogens with one attached hydrogen (secondary N) is 1. The van der Waals surface area contributed by atoms with Crippen molar-refractivity contribution in [3.8, 4) is 0 Å². The highest BCUT2D eigenvalue weighted by atomic mass is 35.5. The molecule has 1 saturated heterocycles. The van der Waals surface area contributed by atoms with E-state index in [2.05, 4.69) is 5.32 Å². The van der Waals surface area contributed by atoms with Crippen LogP contribution in [0.1, 0.15) is 23.6 Å². The van der Waals surface area contributed by atoms with Gasteiger partial charge in [0.25, 0.3) is 0 Å². The number of halogens is 1. The number of hydrogen-bond acceptors (Lipinski definition) is 3. The summed E-state index contributed by atoms with van der Waals surface area (Å²) in [6, 6.07) is 15.3. The molecule has 1 aliphatic rings. The number of guanidine groups is 1. The van der Waals surface area contributed by atoms with E-state index in [-0.39, 0.29) is 12.5 Å². The zero-order chi connectivity index (χ0) is 20.6. The second-order valence-corrected chi connectivity index (χ2v) is 7.40. The van der Waals surface area contributed by atoms with E-state index in [4.69, 9.17) is 16.6 Å². The number of carbonyl (C=O) groups excluding carboxylic acids is 1. The van der Waals surface area contributed by atoms with Crippen molar-refractivity contribution in [2.24, 2.45) is 4.99 Å². The van der Waals surface area contributed by atoms with E-state index in [1.165, 1.54) is 0 Å². The van der Waals surface area contributed by atoms with Crippen LogP contribution >= 0.6 is 11.6 Å². The van der Waals surface area contributed by atoms with Crippen LogP contribution in [0.25, 0.3) is 0 Å². The predicted octanol–water partition coefficient (Wildman–Crippen LogP) is 2.64. The first-order valence-electron chi connectivity index (χ1n) is 9.83. The van der Waals surface area contributed by atoms with Gasteiger partial charge in [-0.2, -0.15) is 0 Å². The maximum Gasteiger partial charge on any atom is 0.242 e. The maximum atomic E-state index is 12.7. The van der Waals surface area contributed by atoms with Gasteiger partial charge in [0.2, 0.25) is 5.91 Å². The van der Waals surface area contributed by atoms with Gasteiger partial charge in [-0.05, 0) is 35.7 Å². The lowest BCUT2D eigenvalue weighted by Crippen LogP contribution is -2.54. The summed E-state index contributed by atoms with van der Waals surface area (Å²) in [6.07, 6.45) is 0. The number of aliphatic hydroxyl groups is 1. The summed E-state index contributed by atoms with van der Waals surface area (Å²) in [5, 5.41) is 13.5. The van der Waals surface area contributed by atoms with Crippen molar-refractivity contribution >= 4 is 23.5 Å². The van der Waals surface area contributed by atoms with Crippen LogP contribution in [-0.4, -0.2) is 53.0 Å². The fourth-order valence-electron chi connectivity index (χ4n) is 3.32. The van der Waals surface area contributed by atoms with Crippen molar-refractivity contribution in [3.63, 3.8) is 0 Å². The summed E-state index contributed by atoms with van der Waals surface area (Å²) in [4.78, 5) is 21.3. The van der Waals surface area contributed by atoms with Crippen molar-refractivity contribution < 1.29 is 9.90 Å². The normalized spacial score (nSPS) is 15.0. The first kappa shape index (κ1) is 21.1. The number of aliphatic imine (C=N–C) groups is 1. The summed E-state index contributed by atoms with van der Waals surface area (Å²) in [7, 11) is 0. The van der Waals surface area contributed by atoms with Gasteiger partial charge in [-0.1, -0.05) is 48.0 Å². The number of aliphatic hydroxyl groups excluding tert-OH is 1. The van der Waals surface area contributed by atoms with Gasteiger partial charge in [-0.15, -0.1) is 0 Å². The fraction of sp³-hybridized carbons (Fsp3) is 0.364. The maximum absolute atomic E-state index is 12.7. The number of carbonyl (C=O) groups is 1. The molecule has 0 saturated carbocycles. The molecule has 29 heavy (non-hydrogen) atoms. The minimum Gasteiger partial charge on any atom is -0.392 e. The highest BCUT2D eigenvalue weighted by Gasteiger charge is 2.26. The van der Waals surface area contributed by atoms with Crippen molar-refractivity contribution in [1.29, 1.82) is 0 Å². The van der Waals surface area contributed by atoms with Crippen molar-refractivity contribution in [2.45, 2.75) is 26.6 Å². The third-order valence-electron chi connectivity index (χ3n) is 4.93. The molecule has 154 valence electrons. The van der Waals surface area contributed by atoms with E-state index in [0.29, 0.717) is 37.7 Å². The lowest BCUT2D eigenvalue weighted by atomic mass is 10.1. The molecule has 0 atom stereocenters. The molecule has 1 heterocycles. The molecule has 7 heteroatoms. The standard InChI is InChI=1S/C22H27ClN4O2/c1-2-24-22(25-13-18-5-3-4-6-19(18)16-28)27-12-11-26(21(29)15-27)14-17-7-9-20(23)10-8-17/h3-10,28H,2,11-16H2,1H3,(H,24,25). The quantitative estimate of drug-likeness (QED) is 0.563. The van der Waals surface area contributed by atoms with Crippen LogP contribution < -0.4 is 5.32 Å². The molecule has 3 rings (SSSR count).